The molecular weight excluding hydrogens is 374 g/mol. The van der Waals surface area contributed by atoms with Crippen LogP contribution in [0.25, 0.3) is 38.9 Å². The molecule has 0 fully saturated rings. The highest BCUT2D eigenvalue weighted by atomic mass is 16.5. The van der Waals surface area contributed by atoms with Crippen molar-refractivity contribution in [2.45, 2.75) is 6.92 Å². The van der Waals surface area contributed by atoms with E-state index in [0.29, 0.717) is 12.2 Å². The number of rotatable bonds is 4. The summed E-state index contributed by atoms with van der Waals surface area (Å²) in [5.74, 6) is -0.331. The maximum atomic E-state index is 12.2. The zero-order valence-electron chi connectivity index (χ0n) is 16.4. The van der Waals surface area contributed by atoms with E-state index in [9.17, 15) is 4.79 Å². The standard InChI is InChI=1S/C25H19N3O2/c1-2-30-25(29)18-13-14-22-19(15-18)16-21-23(17-9-5-3-6-10-17)27-28(24(21)26-22)20-11-7-4-8-12-20/h3-16H,2H2,1H3. The van der Waals surface area contributed by atoms with Crippen LogP contribution in [0.2, 0.25) is 0 Å². The number of ether oxygens (including phenoxy) is 1. The lowest BCUT2D eigenvalue weighted by Gasteiger charge is -2.05. The van der Waals surface area contributed by atoms with Crippen LogP contribution in [0.1, 0.15) is 17.3 Å². The van der Waals surface area contributed by atoms with Gasteiger partial charge in [-0.3, -0.25) is 0 Å². The number of carbonyl (C=O) groups excluding carboxylic acids is 1. The van der Waals surface area contributed by atoms with Gasteiger partial charge in [0, 0.05) is 16.3 Å². The Morgan fingerprint density at radius 3 is 2.40 bits per heavy atom. The summed E-state index contributed by atoms with van der Waals surface area (Å²) in [7, 11) is 0. The molecule has 0 saturated heterocycles. The molecule has 0 saturated carbocycles. The van der Waals surface area contributed by atoms with Crippen LogP contribution in [0.5, 0.6) is 0 Å². The summed E-state index contributed by atoms with van der Waals surface area (Å²) in [5, 5.41) is 6.70. The summed E-state index contributed by atoms with van der Waals surface area (Å²) < 4.78 is 7.01. The van der Waals surface area contributed by atoms with Gasteiger partial charge in [-0.25, -0.2) is 14.5 Å². The molecule has 146 valence electrons. The molecule has 0 spiro atoms. The smallest absolute Gasteiger partial charge is 0.338 e. The number of esters is 1. The van der Waals surface area contributed by atoms with Crippen LogP contribution in [0.4, 0.5) is 0 Å². The van der Waals surface area contributed by atoms with E-state index in [-0.39, 0.29) is 5.97 Å². The first kappa shape index (κ1) is 18.1. The van der Waals surface area contributed by atoms with Gasteiger partial charge >= 0.3 is 5.97 Å². The third kappa shape index (κ3) is 3.10. The predicted molar refractivity (Wildman–Crippen MR) is 118 cm³/mol. The lowest BCUT2D eigenvalue weighted by molar-refractivity contribution is 0.0526. The van der Waals surface area contributed by atoms with Crippen molar-refractivity contribution in [2.24, 2.45) is 0 Å². The number of fused-ring (bicyclic) bond motifs is 2. The number of nitrogens with zero attached hydrogens (tertiary/aromatic N) is 3. The van der Waals surface area contributed by atoms with Gasteiger partial charge in [0.05, 0.1) is 23.4 Å². The van der Waals surface area contributed by atoms with Crippen molar-refractivity contribution in [3.05, 3.63) is 90.5 Å². The Hall–Kier alpha value is -3.99. The molecule has 0 aliphatic heterocycles. The van der Waals surface area contributed by atoms with E-state index < -0.39 is 0 Å². The van der Waals surface area contributed by atoms with E-state index in [1.165, 1.54) is 0 Å². The van der Waals surface area contributed by atoms with Crippen molar-refractivity contribution in [1.82, 2.24) is 14.8 Å². The minimum absolute atomic E-state index is 0.331. The number of para-hydroxylation sites is 1. The molecule has 2 aromatic heterocycles. The molecule has 5 nitrogen and oxygen atoms in total. The van der Waals surface area contributed by atoms with Crippen molar-refractivity contribution in [1.29, 1.82) is 0 Å². The zero-order chi connectivity index (χ0) is 20.5. The van der Waals surface area contributed by atoms with Gasteiger partial charge in [-0.05, 0) is 43.3 Å². The summed E-state index contributed by atoms with van der Waals surface area (Å²) in [6.07, 6.45) is 0. The van der Waals surface area contributed by atoms with Gasteiger partial charge in [-0.15, -0.1) is 0 Å². The van der Waals surface area contributed by atoms with Crippen LogP contribution in [-0.2, 0) is 4.74 Å². The van der Waals surface area contributed by atoms with E-state index in [2.05, 4.69) is 6.07 Å². The Bertz CT molecular complexity index is 1360. The number of hydrogen-bond acceptors (Lipinski definition) is 4. The highest BCUT2D eigenvalue weighted by Gasteiger charge is 2.17. The molecule has 5 rings (SSSR count). The summed E-state index contributed by atoms with van der Waals surface area (Å²) in [6.45, 7) is 2.14. The quantitative estimate of drug-likeness (QED) is 0.383. The van der Waals surface area contributed by atoms with Crippen molar-refractivity contribution >= 4 is 27.9 Å². The molecule has 5 aromatic rings. The van der Waals surface area contributed by atoms with Crippen LogP contribution in [0.15, 0.2) is 84.9 Å². The Kier molecular flexibility index (Phi) is 4.48. The van der Waals surface area contributed by atoms with Crippen LogP contribution in [-0.4, -0.2) is 27.3 Å². The first-order chi connectivity index (χ1) is 14.7. The van der Waals surface area contributed by atoms with E-state index in [1.807, 2.05) is 77.5 Å². The first-order valence-electron chi connectivity index (χ1n) is 9.86. The van der Waals surface area contributed by atoms with Gasteiger partial charge in [0.15, 0.2) is 5.65 Å². The number of pyridine rings is 1. The van der Waals surface area contributed by atoms with Crippen molar-refractivity contribution in [3.63, 3.8) is 0 Å². The third-order valence-corrected chi connectivity index (χ3v) is 5.01. The molecule has 0 aliphatic carbocycles. The van der Waals surface area contributed by atoms with Gasteiger partial charge in [0.1, 0.15) is 5.69 Å². The second kappa shape index (κ2) is 7.44. The Balaban J connectivity index is 1.78. The van der Waals surface area contributed by atoms with Crippen molar-refractivity contribution < 1.29 is 9.53 Å². The summed E-state index contributed by atoms with van der Waals surface area (Å²) in [6, 6.07) is 27.5. The molecule has 30 heavy (non-hydrogen) atoms. The SMILES string of the molecule is CCOC(=O)c1ccc2nc3c(cc2c1)c(-c1ccccc1)nn3-c1ccccc1. The highest BCUT2D eigenvalue weighted by Crippen LogP contribution is 2.31. The predicted octanol–water partition coefficient (Wildman–Crippen LogP) is 5.42. The zero-order valence-corrected chi connectivity index (χ0v) is 16.4. The van der Waals surface area contributed by atoms with E-state index in [1.54, 1.807) is 13.0 Å². The summed E-state index contributed by atoms with van der Waals surface area (Å²) in [5.41, 5.74) is 4.90. The largest absolute Gasteiger partial charge is 0.462 e. The Morgan fingerprint density at radius 1 is 0.933 bits per heavy atom. The molecule has 0 bridgehead atoms. The molecule has 2 heterocycles. The lowest BCUT2D eigenvalue weighted by atomic mass is 10.1. The van der Waals surface area contributed by atoms with Gasteiger partial charge < -0.3 is 4.74 Å². The number of carbonyl (C=O) groups is 1. The van der Waals surface area contributed by atoms with Crippen LogP contribution in [0.3, 0.4) is 0 Å². The minimum atomic E-state index is -0.331. The monoisotopic (exact) mass is 393 g/mol. The molecular formula is C25H19N3O2. The second-order valence-electron chi connectivity index (χ2n) is 6.95. The average Bonchev–Trinajstić information content (AvgIpc) is 3.17. The fraction of sp³-hybridized carbons (Fsp3) is 0.0800. The van der Waals surface area contributed by atoms with Gasteiger partial charge in [-0.2, -0.15) is 5.10 Å². The maximum Gasteiger partial charge on any atom is 0.338 e. The van der Waals surface area contributed by atoms with Gasteiger partial charge in [-0.1, -0.05) is 48.5 Å². The van der Waals surface area contributed by atoms with Gasteiger partial charge in [0.25, 0.3) is 0 Å². The first-order valence-corrected chi connectivity index (χ1v) is 9.86. The van der Waals surface area contributed by atoms with Crippen molar-refractivity contribution in [2.75, 3.05) is 6.61 Å². The molecule has 0 amide bonds. The van der Waals surface area contributed by atoms with Crippen LogP contribution < -0.4 is 0 Å². The fourth-order valence-electron chi connectivity index (χ4n) is 3.60. The summed E-state index contributed by atoms with van der Waals surface area (Å²) in [4.78, 5) is 17.1. The topological polar surface area (TPSA) is 57.0 Å². The molecule has 0 radical (unpaired) electrons. The number of hydrogen-bond donors (Lipinski definition) is 0. The minimum Gasteiger partial charge on any atom is -0.462 e. The number of aromatic nitrogens is 3. The molecule has 0 aliphatic rings. The average molecular weight is 393 g/mol. The second-order valence-corrected chi connectivity index (χ2v) is 6.95. The molecule has 0 N–H and O–H groups in total. The highest BCUT2D eigenvalue weighted by molar-refractivity contribution is 6.01. The Morgan fingerprint density at radius 2 is 1.67 bits per heavy atom. The lowest BCUT2D eigenvalue weighted by Crippen LogP contribution is -2.04. The molecule has 3 aromatic carbocycles. The van der Waals surface area contributed by atoms with Gasteiger partial charge in [0.2, 0.25) is 0 Å². The fourth-order valence-corrected chi connectivity index (χ4v) is 3.60. The molecule has 0 unspecified atom stereocenters. The summed E-state index contributed by atoms with van der Waals surface area (Å²) >= 11 is 0. The van der Waals surface area contributed by atoms with E-state index >= 15 is 0 Å². The van der Waals surface area contributed by atoms with Crippen molar-refractivity contribution in [3.8, 4) is 16.9 Å². The number of benzene rings is 3. The Labute approximate surface area is 173 Å². The van der Waals surface area contributed by atoms with E-state index in [4.69, 9.17) is 14.8 Å². The van der Waals surface area contributed by atoms with Crippen LogP contribution in [0, 0.1) is 0 Å². The van der Waals surface area contributed by atoms with Crippen LogP contribution >= 0.6 is 0 Å². The molecule has 0 atom stereocenters. The maximum absolute atomic E-state index is 12.2. The normalized spacial score (nSPS) is 11.1. The third-order valence-electron chi connectivity index (χ3n) is 5.01. The van der Waals surface area contributed by atoms with E-state index in [0.717, 1.165) is 38.9 Å². The molecule has 5 heteroatoms.